The number of amides is 4. The van der Waals surface area contributed by atoms with Crippen molar-refractivity contribution in [3.8, 4) is 28.0 Å². The number of ether oxygens (including phenoxy) is 4. The van der Waals surface area contributed by atoms with Gasteiger partial charge in [0.05, 0.1) is 41.9 Å². The van der Waals surface area contributed by atoms with Crippen LogP contribution >= 0.6 is 11.3 Å². The first kappa shape index (κ1) is 39.8. The van der Waals surface area contributed by atoms with E-state index in [1.54, 1.807) is 12.1 Å². The number of hydrogen-bond donors (Lipinski definition) is 3. The summed E-state index contributed by atoms with van der Waals surface area (Å²) in [5.74, 6) is -1.28. The number of hydrogen-bond acceptors (Lipinski definition) is 13. The lowest BCUT2D eigenvalue weighted by Crippen LogP contribution is -2.58. The fourth-order valence-corrected chi connectivity index (χ4v) is 9.91. The Labute approximate surface area is 340 Å². The molecule has 3 N–H and O–H groups in total. The molecule has 5 aliphatic rings. The first-order valence-corrected chi connectivity index (χ1v) is 22.4. The largest absolute Gasteiger partial charge is 0.493 e. The highest BCUT2D eigenvalue weighted by Gasteiger charge is 2.62. The van der Waals surface area contributed by atoms with E-state index in [4.69, 9.17) is 28.9 Å². The Morgan fingerprint density at radius 3 is 2.40 bits per heavy atom. The zero-order valence-corrected chi connectivity index (χ0v) is 34.1. The molecule has 1 unspecified atom stereocenters. The molecule has 1 aromatic carbocycles. The summed E-state index contributed by atoms with van der Waals surface area (Å²) >= 11 is 1.44. The van der Waals surface area contributed by atoms with E-state index in [1.165, 1.54) is 30.5 Å². The lowest BCUT2D eigenvalue weighted by atomic mass is 9.96. The molecule has 0 radical (unpaired) electrons. The number of sulfonamides is 1. The number of nitrogens with one attached hydrogen (secondary N) is 3. The smallest absolute Gasteiger partial charge is 0.408 e. The van der Waals surface area contributed by atoms with Crippen LogP contribution < -0.4 is 29.6 Å². The molecule has 3 aliphatic carbocycles. The van der Waals surface area contributed by atoms with E-state index in [0.29, 0.717) is 60.3 Å². The van der Waals surface area contributed by atoms with Crippen molar-refractivity contribution in [2.24, 2.45) is 5.92 Å². The van der Waals surface area contributed by atoms with Crippen LogP contribution in [0.25, 0.3) is 21.6 Å². The van der Waals surface area contributed by atoms with E-state index in [2.05, 4.69) is 15.4 Å². The fraction of sp³-hybridized carbons (Fsp3) is 0.550. The van der Waals surface area contributed by atoms with E-state index in [1.807, 2.05) is 29.7 Å². The number of allylic oxidation sites excluding steroid dienone is 1. The number of benzene rings is 1. The molecule has 4 fully saturated rings. The van der Waals surface area contributed by atoms with Crippen molar-refractivity contribution in [2.75, 3.05) is 20.8 Å². The van der Waals surface area contributed by atoms with Crippen LogP contribution in [0.5, 0.6) is 17.4 Å². The van der Waals surface area contributed by atoms with E-state index in [9.17, 15) is 27.6 Å². The van der Waals surface area contributed by atoms with Gasteiger partial charge in [0.15, 0.2) is 11.5 Å². The normalized spacial score (nSPS) is 27.1. The van der Waals surface area contributed by atoms with Crippen LogP contribution in [0.4, 0.5) is 4.79 Å². The highest BCUT2D eigenvalue weighted by atomic mass is 32.2. The molecule has 18 heteroatoms. The topological polar surface area (TPSA) is 204 Å². The Kier molecular flexibility index (Phi) is 11.2. The van der Waals surface area contributed by atoms with Gasteiger partial charge in [-0.2, -0.15) is 0 Å². The molecule has 2 aromatic heterocycles. The number of carbonyl (C=O) groups is 4. The summed E-state index contributed by atoms with van der Waals surface area (Å²) in [6.07, 6.45) is 8.95. The van der Waals surface area contributed by atoms with Gasteiger partial charge < -0.3 is 34.5 Å². The van der Waals surface area contributed by atoms with Gasteiger partial charge in [-0.3, -0.25) is 19.1 Å². The molecule has 5 atom stereocenters. The molecule has 4 amide bonds. The Balaban J connectivity index is 1.12. The molecule has 1 saturated heterocycles. The van der Waals surface area contributed by atoms with Crippen molar-refractivity contribution in [1.29, 1.82) is 0 Å². The quantitative estimate of drug-likeness (QED) is 0.244. The molecule has 310 valence electrons. The average molecular weight is 837 g/mol. The van der Waals surface area contributed by atoms with Crippen LogP contribution in [0.2, 0.25) is 0 Å². The molecule has 3 saturated carbocycles. The van der Waals surface area contributed by atoms with Gasteiger partial charge in [-0.1, -0.05) is 31.1 Å². The van der Waals surface area contributed by atoms with Gasteiger partial charge in [-0.25, -0.2) is 23.2 Å². The molecule has 2 aliphatic heterocycles. The highest BCUT2D eigenvalue weighted by molar-refractivity contribution is 7.91. The van der Waals surface area contributed by atoms with Crippen LogP contribution in [0.15, 0.2) is 41.8 Å². The molecule has 0 bridgehead atoms. The number of alkyl carbamates (subject to hydrolysis) is 1. The van der Waals surface area contributed by atoms with Crippen molar-refractivity contribution in [3.05, 3.63) is 41.8 Å². The van der Waals surface area contributed by atoms with Gasteiger partial charge in [0.25, 0.3) is 5.91 Å². The standard InChI is InChI=1S/C40H48N6O10S2/c1-53-31-19-28-29(20-32(31)54-2)42-36(34(41-28)33-14-9-17-57-33)55-25-18-30-35(47)44-40(38(49)45-58(51,52)26-15-16-26)21-23(40)10-6-4-3-5-7-13-27(37(48)46(30)22-25)43-39(50)56-24-11-8-12-24/h6,9-10,14,17,19-20,23-27,30H,3-5,7-8,11-13,15-16,18,21-22H2,1-2H3,(H,43,50)(H,44,47)(H,45,49)/b10-6-/t23?,25-,27-,30+,40-/m1/s1. The Morgan fingerprint density at radius 2 is 1.72 bits per heavy atom. The molecule has 58 heavy (non-hydrogen) atoms. The van der Waals surface area contributed by atoms with E-state index in [-0.39, 0.29) is 31.4 Å². The molecule has 4 heterocycles. The number of thiophene rings is 1. The molecule has 16 nitrogen and oxygen atoms in total. The van der Waals surface area contributed by atoms with Crippen molar-refractivity contribution in [3.63, 3.8) is 0 Å². The monoisotopic (exact) mass is 836 g/mol. The zero-order chi connectivity index (χ0) is 40.6. The maximum atomic E-state index is 14.6. The van der Waals surface area contributed by atoms with Gasteiger partial charge in [0, 0.05) is 24.5 Å². The third-order valence-corrected chi connectivity index (χ3v) is 14.3. The van der Waals surface area contributed by atoms with E-state index >= 15 is 0 Å². The van der Waals surface area contributed by atoms with Crippen LogP contribution in [0.1, 0.15) is 77.0 Å². The summed E-state index contributed by atoms with van der Waals surface area (Å²) in [6.45, 7) is -0.0547. The second-order valence-corrected chi connectivity index (χ2v) is 18.6. The predicted molar refractivity (Wildman–Crippen MR) is 213 cm³/mol. The van der Waals surface area contributed by atoms with Crippen LogP contribution in [0.3, 0.4) is 0 Å². The average Bonchev–Trinajstić information content (AvgIpc) is 4.05. The van der Waals surface area contributed by atoms with Gasteiger partial charge in [0.1, 0.15) is 35.5 Å². The third-order valence-electron chi connectivity index (χ3n) is 11.6. The van der Waals surface area contributed by atoms with E-state index in [0.717, 1.165) is 37.0 Å². The minimum absolute atomic E-state index is 0.00488. The summed E-state index contributed by atoms with van der Waals surface area (Å²) in [4.78, 5) is 68.0. The van der Waals surface area contributed by atoms with Crippen molar-refractivity contribution >= 4 is 56.2 Å². The summed E-state index contributed by atoms with van der Waals surface area (Å²) in [7, 11) is -0.859. The van der Waals surface area contributed by atoms with Gasteiger partial charge in [0.2, 0.25) is 27.7 Å². The third kappa shape index (κ3) is 8.30. The second kappa shape index (κ2) is 16.4. The van der Waals surface area contributed by atoms with E-state index < -0.39 is 68.7 Å². The lowest BCUT2D eigenvalue weighted by molar-refractivity contribution is -0.141. The highest BCUT2D eigenvalue weighted by Crippen LogP contribution is 2.46. The summed E-state index contributed by atoms with van der Waals surface area (Å²) in [5, 5.41) is 6.95. The zero-order valence-electron chi connectivity index (χ0n) is 32.4. The summed E-state index contributed by atoms with van der Waals surface area (Å²) in [6, 6.07) is 5.04. The minimum Gasteiger partial charge on any atom is -0.493 e. The van der Waals surface area contributed by atoms with Gasteiger partial charge in [-0.05, 0) is 69.2 Å². The number of carbonyl (C=O) groups excluding carboxylic acids is 4. The Hall–Kier alpha value is -4.97. The molecular weight excluding hydrogens is 789 g/mol. The molecule has 0 spiro atoms. The second-order valence-electron chi connectivity index (χ2n) is 15.7. The number of nitrogens with zero attached hydrogens (tertiary/aromatic N) is 3. The minimum atomic E-state index is -3.91. The Bertz CT molecular complexity index is 2210. The van der Waals surface area contributed by atoms with Crippen molar-refractivity contribution in [2.45, 2.75) is 112 Å². The predicted octanol–water partition coefficient (Wildman–Crippen LogP) is 4.37. The number of fused-ring (bicyclic) bond motifs is 3. The SMILES string of the molecule is COc1cc2nc(O[C@@H]3C[C@H]4C(=O)N[C@]5(C(=O)NS(=O)(=O)C6CC6)CC5/C=C\CCCCC[C@@H](NC(=O)OC5CCC5)C(=O)N4C3)c(-c3cccs3)nc2cc1OC. The van der Waals surface area contributed by atoms with Crippen LogP contribution in [-0.2, 0) is 29.1 Å². The first-order valence-electron chi connectivity index (χ1n) is 19.9. The van der Waals surface area contributed by atoms with Crippen LogP contribution in [-0.4, -0.2) is 103 Å². The fourth-order valence-electron chi connectivity index (χ4n) is 7.84. The van der Waals surface area contributed by atoms with Crippen molar-refractivity contribution < 1.29 is 46.5 Å². The maximum absolute atomic E-state index is 14.6. The molecule has 8 rings (SSSR count). The van der Waals surface area contributed by atoms with Crippen LogP contribution in [0, 0.1) is 5.92 Å². The summed E-state index contributed by atoms with van der Waals surface area (Å²) in [5.41, 5.74) is -0.0756. The first-order chi connectivity index (χ1) is 28.0. The van der Waals surface area contributed by atoms with Gasteiger partial charge >= 0.3 is 6.09 Å². The molecule has 3 aromatic rings. The van der Waals surface area contributed by atoms with Crippen molar-refractivity contribution in [1.82, 2.24) is 30.2 Å². The summed E-state index contributed by atoms with van der Waals surface area (Å²) < 4.78 is 51.2. The molecular formula is C40H48N6O10S2. The number of methoxy groups -OCH3 is 2. The number of aromatic nitrogens is 2. The Morgan fingerprint density at radius 1 is 0.966 bits per heavy atom. The lowest BCUT2D eigenvalue weighted by Gasteiger charge is -2.31. The maximum Gasteiger partial charge on any atom is 0.408 e. The van der Waals surface area contributed by atoms with Gasteiger partial charge in [-0.15, -0.1) is 11.3 Å². The number of rotatable bonds is 10.